The number of aliphatic imine (C=N–C) groups is 1. The van der Waals surface area contributed by atoms with Crippen molar-refractivity contribution in [2.45, 2.75) is 45.2 Å². The highest BCUT2D eigenvalue weighted by Gasteiger charge is 2.13. The largest absolute Gasteiger partial charge is 0.370 e. The molecular formula is C15H23IN6S. The predicted molar refractivity (Wildman–Crippen MR) is 104 cm³/mol. The van der Waals surface area contributed by atoms with Gasteiger partial charge >= 0.3 is 0 Å². The second-order valence-corrected chi connectivity index (χ2v) is 6.48. The van der Waals surface area contributed by atoms with Gasteiger partial charge in [-0.15, -0.1) is 45.5 Å². The Kier molecular flexibility index (Phi) is 7.28. The number of nitrogens with one attached hydrogen (secondary N) is 1. The highest BCUT2D eigenvalue weighted by molar-refractivity contribution is 14.0. The van der Waals surface area contributed by atoms with Gasteiger partial charge in [0.1, 0.15) is 12.4 Å². The molecule has 0 unspecified atom stereocenters. The van der Waals surface area contributed by atoms with Crippen molar-refractivity contribution >= 4 is 41.3 Å². The number of nitrogens with two attached hydrogens (primary N) is 1. The van der Waals surface area contributed by atoms with Crippen molar-refractivity contribution in [2.75, 3.05) is 6.54 Å². The Hall–Kier alpha value is -1.16. The average molecular weight is 446 g/mol. The van der Waals surface area contributed by atoms with Crippen LogP contribution in [0.15, 0.2) is 22.5 Å². The van der Waals surface area contributed by atoms with Gasteiger partial charge in [0.15, 0.2) is 11.8 Å². The minimum Gasteiger partial charge on any atom is -0.370 e. The summed E-state index contributed by atoms with van der Waals surface area (Å²) in [7, 11) is 0. The van der Waals surface area contributed by atoms with Gasteiger partial charge < -0.3 is 15.6 Å². The van der Waals surface area contributed by atoms with Crippen molar-refractivity contribution in [1.82, 2.24) is 20.1 Å². The van der Waals surface area contributed by atoms with E-state index >= 15 is 0 Å². The monoisotopic (exact) mass is 446 g/mol. The molecule has 3 heterocycles. The molecule has 1 aliphatic rings. The Morgan fingerprint density at radius 1 is 1.35 bits per heavy atom. The molecule has 0 aromatic carbocycles. The standard InChI is InChI=1S/C15H22N6S.HI/c16-15(17-8-7-12-5-4-10-22-12)18-11-14-20-19-13-6-2-1-3-9-21(13)14;/h4-5,10H,1-3,6-9,11H2,(H3,16,17,18);1H. The van der Waals surface area contributed by atoms with Gasteiger partial charge in [0, 0.05) is 24.4 Å². The van der Waals surface area contributed by atoms with Crippen LogP contribution in [0.4, 0.5) is 0 Å². The highest BCUT2D eigenvalue weighted by Crippen LogP contribution is 2.14. The van der Waals surface area contributed by atoms with Crippen molar-refractivity contribution in [2.24, 2.45) is 10.7 Å². The molecule has 0 spiro atoms. The van der Waals surface area contributed by atoms with Crippen molar-refractivity contribution in [1.29, 1.82) is 0 Å². The van der Waals surface area contributed by atoms with Crippen LogP contribution < -0.4 is 11.1 Å². The molecule has 126 valence electrons. The fraction of sp³-hybridized carbons (Fsp3) is 0.533. The van der Waals surface area contributed by atoms with Crippen LogP contribution in [-0.4, -0.2) is 27.3 Å². The van der Waals surface area contributed by atoms with Crippen LogP contribution in [0.5, 0.6) is 0 Å². The molecule has 6 nitrogen and oxygen atoms in total. The first-order valence-electron chi connectivity index (χ1n) is 7.80. The second-order valence-electron chi connectivity index (χ2n) is 5.45. The highest BCUT2D eigenvalue weighted by atomic mass is 127. The lowest BCUT2D eigenvalue weighted by atomic mass is 10.2. The Bertz CT molecular complexity index is 622. The normalized spacial score (nSPS) is 14.7. The number of fused-ring (bicyclic) bond motifs is 1. The summed E-state index contributed by atoms with van der Waals surface area (Å²) in [6.45, 7) is 2.29. The van der Waals surface area contributed by atoms with Gasteiger partial charge in [0.2, 0.25) is 0 Å². The van der Waals surface area contributed by atoms with Gasteiger partial charge in [-0.3, -0.25) is 0 Å². The van der Waals surface area contributed by atoms with Crippen LogP contribution in [0.3, 0.4) is 0 Å². The quantitative estimate of drug-likeness (QED) is 0.420. The van der Waals surface area contributed by atoms with Gasteiger partial charge in [-0.2, -0.15) is 0 Å². The smallest absolute Gasteiger partial charge is 0.189 e. The number of aryl methyl sites for hydroxylation is 1. The molecule has 0 bridgehead atoms. The molecule has 0 fully saturated rings. The molecule has 0 atom stereocenters. The Labute approximate surface area is 157 Å². The lowest BCUT2D eigenvalue weighted by Gasteiger charge is -2.06. The molecule has 2 aromatic heterocycles. The summed E-state index contributed by atoms with van der Waals surface area (Å²) < 4.78 is 2.20. The third-order valence-corrected chi connectivity index (χ3v) is 4.77. The molecule has 23 heavy (non-hydrogen) atoms. The van der Waals surface area contributed by atoms with Crippen molar-refractivity contribution in [3.63, 3.8) is 0 Å². The molecule has 1 aliphatic heterocycles. The summed E-state index contributed by atoms with van der Waals surface area (Å²) in [5.41, 5.74) is 5.92. The summed E-state index contributed by atoms with van der Waals surface area (Å²) in [5, 5.41) is 13.8. The van der Waals surface area contributed by atoms with E-state index in [0.717, 1.165) is 37.6 Å². The molecule has 0 saturated heterocycles. The fourth-order valence-corrected chi connectivity index (χ4v) is 3.35. The van der Waals surface area contributed by atoms with Crippen LogP contribution in [0.25, 0.3) is 0 Å². The van der Waals surface area contributed by atoms with Crippen LogP contribution in [0.2, 0.25) is 0 Å². The molecule has 3 rings (SSSR count). The molecule has 0 amide bonds. The summed E-state index contributed by atoms with van der Waals surface area (Å²) in [4.78, 5) is 5.74. The molecule has 0 aliphatic carbocycles. The Balaban J connectivity index is 0.00000192. The first-order chi connectivity index (χ1) is 10.8. The fourth-order valence-electron chi connectivity index (χ4n) is 2.64. The first-order valence-corrected chi connectivity index (χ1v) is 8.68. The van der Waals surface area contributed by atoms with Crippen molar-refractivity contribution in [3.05, 3.63) is 34.0 Å². The van der Waals surface area contributed by atoms with E-state index in [4.69, 9.17) is 5.73 Å². The third-order valence-electron chi connectivity index (χ3n) is 3.83. The van der Waals surface area contributed by atoms with E-state index in [1.54, 1.807) is 11.3 Å². The minimum atomic E-state index is 0. The molecule has 3 N–H and O–H groups in total. The van der Waals surface area contributed by atoms with Gasteiger partial charge in [-0.25, -0.2) is 4.99 Å². The van der Waals surface area contributed by atoms with E-state index in [-0.39, 0.29) is 24.0 Å². The number of aromatic nitrogens is 3. The van der Waals surface area contributed by atoms with E-state index in [1.165, 1.54) is 24.1 Å². The first kappa shape index (κ1) is 18.2. The minimum absolute atomic E-state index is 0. The Morgan fingerprint density at radius 3 is 3.09 bits per heavy atom. The summed E-state index contributed by atoms with van der Waals surface area (Å²) in [6, 6.07) is 4.19. The summed E-state index contributed by atoms with van der Waals surface area (Å²) in [5.74, 6) is 2.48. The van der Waals surface area contributed by atoms with Gasteiger partial charge in [0.25, 0.3) is 0 Å². The number of thiophene rings is 1. The lowest BCUT2D eigenvalue weighted by molar-refractivity contribution is 0.606. The van der Waals surface area contributed by atoms with Gasteiger partial charge in [0.05, 0.1) is 0 Å². The van der Waals surface area contributed by atoms with Gasteiger partial charge in [-0.05, 0) is 30.7 Å². The maximum Gasteiger partial charge on any atom is 0.189 e. The predicted octanol–water partition coefficient (Wildman–Crippen LogP) is 2.33. The number of nitrogens with zero attached hydrogens (tertiary/aromatic N) is 4. The second kappa shape index (κ2) is 9.21. The number of guanidine groups is 1. The van der Waals surface area contributed by atoms with Crippen LogP contribution in [0.1, 0.15) is 35.8 Å². The topological polar surface area (TPSA) is 81.1 Å². The van der Waals surface area contributed by atoms with E-state index in [9.17, 15) is 0 Å². The summed E-state index contributed by atoms with van der Waals surface area (Å²) in [6.07, 6.45) is 5.64. The molecule has 2 aromatic rings. The van der Waals surface area contributed by atoms with E-state index in [1.807, 2.05) is 0 Å². The van der Waals surface area contributed by atoms with Crippen LogP contribution in [-0.2, 0) is 25.9 Å². The zero-order chi connectivity index (χ0) is 15.2. The number of hydrogen-bond acceptors (Lipinski definition) is 4. The maximum atomic E-state index is 5.92. The number of rotatable bonds is 5. The molecule has 0 radical (unpaired) electrons. The number of halogens is 1. The van der Waals surface area contributed by atoms with Crippen molar-refractivity contribution in [3.8, 4) is 0 Å². The lowest BCUT2D eigenvalue weighted by Crippen LogP contribution is -2.33. The van der Waals surface area contributed by atoms with Crippen LogP contribution >= 0.6 is 35.3 Å². The molecule has 8 heteroatoms. The van der Waals surface area contributed by atoms with E-state index in [0.29, 0.717) is 12.5 Å². The third kappa shape index (κ3) is 5.17. The van der Waals surface area contributed by atoms with E-state index in [2.05, 4.69) is 42.6 Å². The summed E-state index contributed by atoms with van der Waals surface area (Å²) >= 11 is 1.76. The molecule has 0 saturated carbocycles. The van der Waals surface area contributed by atoms with Gasteiger partial charge in [-0.1, -0.05) is 12.5 Å². The average Bonchev–Trinajstić information content (AvgIpc) is 3.10. The van der Waals surface area contributed by atoms with Crippen molar-refractivity contribution < 1.29 is 0 Å². The zero-order valence-corrected chi connectivity index (χ0v) is 16.2. The Morgan fingerprint density at radius 2 is 2.26 bits per heavy atom. The molecular weight excluding hydrogens is 423 g/mol. The maximum absolute atomic E-state index is 5.92. The zero-order valence-electron chi connectivity index (χ0n) is 13.1. The van der Waals surface area contributed by atoms with Crippen LogP contribution in [0, 0.1) is 0 Å². The number of hydrogen-bond donors (Lipinski definition) is 2. The van der Waals surface area contributed by atoms with E-state index < -0.39 is 0 Å². The SMILES string of the molecule is I.NC(=NCc1nnc2n1CCCCC2)NCCc1cccs1.